The van der Waals surface area contributed by atoms with Crippen molar-refractivity contribution in [1.82, 2.24) is 9.55 Å². The van der Waals surface area contributed by atoms with Gasteiger partial charge in [-0.1, -0.05) is 5.92 Å². The molecule has 0 spiro atoms. The average molecular weight is 146 g/mol. The van der Waals surface area contributed by atoms with Gasteiger partial charge in [0.2, 0.25) is 0 Å². The number of hydrogen-bond acceptors (Lipinski definition) is 1. The van der Waals surface area contributed by atoms with Crippen LogP contribution in [0.25, 0.3) is 0 Å². The molecule has 11 heavy (non-hydrogen) atoms. The Morgan fingerprint density at radius 2 is 2.45 bits per heavy atom. The fourth-order valence-corrected chi connectivity index (χ4v) is 1.53. The molecule has 2 heteroatoms. The van der Waals surface area contributed by atoms with Gasteiger partial charge in [-0.25, -0.2) is 4.98 Å². The van der Waals surface area contributed by atoms with Crippen molar-refractivity contribution in [3.05, 3.63) is 17.7 Å². The third-order valence-electron chi connectivity index (χ3n) is 2.12. The first-order chi connectivity index (χ1) is 5.42. The van der Waals surface area contributed by atoms with Crippen molar-refractivity contribution in [2.24, 2.45) is 0 Å². The summed E-state index contributed by atoms with van der Waals surface area (Å²) < 4.78 is 2.14. The molecule has 0 atom stereocenters. The van der Waals surface area contributed by atoms with Gasteiger partial charge in [0, 0.05) is 13.0 Å². The second-order valence-corrected chi connectivity index (χ2v) is 2.81. The predicted octanol–water partition coefficient (Wildman–Crippen LogP) is 1.20. The summed E-state index contributed by atoms with van der Waals surface area (Å²) in [6.45, 7) is 1.05. The van der Waals surface area contributed by atoms with Crippen LogP contribution in [-0.4, -0.2) is 9.55 Å². The number of nitrogens with zero attached hydrogens (tertiary/aromatic N) is 2. The Bertz CT molecular complexity index is 304. The molecule has 1 aliphatic heterocycles. The maximum Gasteiger partial charge on any atom is 0.112 e. The van der Waals surface area contributed by atoms with Gasteiger partial charge in [-0.15, -0.1) is 6.42 Å². The zero-order valence-corrected chi connectivity index (χ0v) is 6.38. The van der Waals surface area contributed by atoms with E-state index >= 15 is 0 Å². The van der Waals surface area contributed by atoms with Gasteiger partial charge >= 0.3 is 0 Å². The number of terminal acetylenes is 1. The van der Waals surface area contributed by atoms with Crippen molar-refractivity contribution < 1.29 is 0 Å². The average Bonchev–Trinajstić information content (AvgIpc) is 2.47. The molecular weight excluding hydrogens is 136 g/mol. The highest BCUT2D eigenvalue weighted by Crippen LogP contribution is 2.14. The van der Waals surface area contributed by atoms with E-state index in [1.54, 1.807) is 6.20 Å². The number of imidazole rings is 1. The lowest BCUT2D eigenvalue weighted by molar-refractivity contribution is 0.519. The lowest BCUT2D eigenvalue weighted by Gasteiger charge is -2.13. The van der Waals surface area contributed by atoms with Gasteiger partial charge in [0.15, 0.2) is 0 Å². The molecule has 0 aliphatic carbocycles. The summed E-state index contributed by atoms with van der Waals surface area (Å²) in [5.74, 6) is 3.79. The van der Waals surface area contributed by atoms with E-state index in [0.29, 0.717) is 0 Å². The number of hydrogen-bond donors (Lipinski definition) is 0. The van der Waals surface area contributed by atoms with Crippen LogP contribution in [0.3, 0.4) is 0 Å². The molecule has 2 rings (SSSR count). The van der Waals surface area contributed by atoms with Gasteiger partial charge in [-0.05, 0) is 12.8 Å². The van der Waals surface area contributed by atoms with Crippen LogP contribution in [0.15, 0.2) is 6.20 Å². The summed E-state index contributed by atoms with van der Waals surface area (Å²) in [7, 11) is 0. The molecule has 2 heterocycles. The fourth-order valence-electron chi connectivity index (χ4n) is 1.53. The van der Waals surface area contributed by atoms with Crippen LogP contribution in [0.1, 0.15) is 24.4 Å². The van der Waals surface area contributed by atoms with Gasteiger partial charge < -0.3 is 4.57 Å². The maximum absolute atomic E-state index is 5.31. The van der Waals surface area contributed by atoms with E-state index in [4.69, 9.17) is 6.42 Å². The van der Waals surface area contributed by atoms with Crippen molar-refractivity contribution in [3.63, 3.8) is 0 Å². The molecule has 0 fully saturated rings. The van der Waals surface area contributed by atoms with Crippen molar-refractivity contribution >= 4 is 0 Å². The predicted molar refractivity (Wildman–Crippen MR) is 43.1 cm³/mol. The Hall–Kier alpha value is -1.23. The Balaban J connectivity index is 2.48. The van der Waals surface area contributed by atoms with E-state index in [1.807, 2.05) is 0 Å². The minimum atomic E-state index is 0.930. The maximum atomic E-state index is 5.31. The second-order valence-electron chi connectivity index (χ2n) is 2.81. The fraction of sp³-hybridized carbons (Fsp3) is 0.444. The summed E-state index contributed by atoms with van der Waals surface area (Å²) in [5, 5.41) is 0. The van der Waals surface area contributed by atoms with Crippen LogP contribution in [0.2, 0.25) is 0 Å². The molecule has 0 radical (unpaired) electrons. The molecule has 2 nitrogen and oxygen atoms in total. The molecule has 0 saturated carbocycles. The topological polar surface area (TPSA) is 17.8 Å². The normalized spacial score (nSPS) is 15.5. The summed E-state index contributed by atoms with van der Waals surface area (Å²) in [4.78, 5) is 4.25. The first kappa shape index (κ1) is 6.48. The van der Waals surface area contributed by atoms with E-state index in [-0.39, 0.29) is 0 Å². The van der Waals surface area contributed by atoms with Gasteiger partial charge in [0.25, 0.3) is 0 Å². The molecule has 0 saturated heterocycles. The van der Waals surface area contributed by atoms with Crippen molar-refractivity contribution in [2.45, 2.75) is 25.8 Å². The first-order valence-electron chi connectivity index (χ1n) is 3.93. The Morgan fingerprint density at radius 1 is 1.55 bits per heavy atom. The van der Waals surface area contributed by atoms with Crippen LogP contribution >= 0.6 is 0 Å². The quantitative estimate of drug-likeness (QED) is 0.503. The van der Waals surface area contributed by atoms with Crippen molar-refractivity contribution in [1.29, 1.82) is 0 Å². The summed E-state index contributed by atoms with van der Waals surface area (Å²) in [6, 6.07) is 0. The van der Waals surface area contributed by atoms with Gasteiger partial charge in [-0.3, -0.25) is 0 Å². The standard InChI is InChI=1S/C9H10N2/c1-2-8-7-10-9-5-3-4-6-11(8)9/h1,7H,3-6H2. The number of aromatic nitrogens is 2. The highest BCUT2D eigenvalue weighted by molar-refractivity contribution is 5.25. The number of rotatable bonds is 0. The molecule has 56 valence electrons. The van der Waals surface area contributed by atoms with Gasteiger partial charge in [0.1, 0.15) is 11.5 Å². The van der Waals surface area contributed by atoms with Crippen LogP contribution < -0.4 is 0 Å². The Kier molecular flexibility index (Phi) is 1.43. The van der Waals surface area contributed by atoms with Crippen LogP contribution in [0.5, 0.6) is 0 Å². The minimum Gasteiger partial charge on any atom is -0.322 e. The molecule has 1 aromatic heterocycles. The third-order valence-corrected chi connectivity index (χ3v) is 2.12. The third kappa shape index (κ3) is 0.932. The van der Waals surface area contributed by atoms with Gasteiger partial charge in [0.05, 0.1) is 6.20 Å². The molecule has 0 N–H and O–H groups in total. The Morgan fingerprint density at radius 3 is 3.27 bits per heavy atom. The summed E-state index contributed by atoms with van der Waals surface area (Å²) in [5.41, 5.74) is 0.930. The van der Waals surface area contributed by atoms with Gasteiger partial charge in [-0.2, -0.15) is 0 Å². The first-order valence-corrected chi connectivity index (χ1v) is 3.93. The largest absolute Gasteiger partial charge is 0.322 e. The molecule has 0 aromatic carbocycles. The highest BCUT2D eigenvalue weighted by Gasteiger charge is 2.11. The van der Waals surface area contributed by atoms with Crippen molar-refractivity contribution in [2.75, 3.05) is 0 Å². The van der Waals surface area contributed by atoms with Crippen molar-refractivity contribution in [3.8, 4) is 12.3 Å². The van der Waals surface area contributed by atoms with Crippen LogP contribution in [0, 0.1) is 12.3 Å². The number of aryl methyl sites for hydroxylation is 1. The molecule has 0 bridgehead atoms. The highest BCUT2D eigenvalue weighted by atomic mass is 15.1. The van der Waals surface area contributed by atoms with E-state index in [2.05, 4.69) is 15.5 Å². The SMILES string of the molecule is C#Cc1cnc2n1CCCC2. The molecule has 0 unspecified atom stereocenters. The molecule has 0 amide bonds. The number of fused-ring (bicyclic) bond motifs is 1. The summed E-state index contributed by atoms with van der Waals surface area (Å²) >= 11 is 0. The van der Waals surface area contributed by atoms with E-state index < -0.39 is 0 Å². The van der Waals surface area contributed by atoms with E-state index in [9.17, 15) is 0 Å². The Labute approximate surface area is 66.3 Å². The monoisotopic (exact) mass is 146 g/mol. The lowest BCUT2D eigenvalue weighted by Crippen LogP contribution is -2.11. The lowest BCUT2D eigenvalue weighted by atomic mass is 10.2. The zero-order chi connectivity index (χ0) is 7.68. The molecule has 1 aromatic rings. The molecule has 1 aliphatic rings. The smallest absolute Gasteiger partial charge is 0.112 e. The van der Waals surface area contributed by atoms with E-state index in [0.717, 1.165) is 24.5 Å². The van der Waals surface area contributed by atoms with E-state index in [1.165, 1.54) is 12.8 Å². The second kappa shape index (κ2) is 2.43. The van der Waals surface area contributed by atoms with Crippen LogP contribution in [0.4, 0.5) is 0 Å². The zero-order valence-electron chi connectivity index (χ0n) is 6.38. The molecular formula is C9H10N2. The minimum absolute atomic E-state index is 0.930. The summed E-state index contributed by atoms with van der Waals surface area (Å²) in [6.07, 6.45) is 10.7. The van der Waals surface area contributed by atoms with Crippen LogP contribution in [-0.2, 0) is 13.0 Å².